The molecule has 0 saturated carbocycles. The summed E-state index contributed by atoms with van der Waals surface area (Å²) in [6.45, 7) is 5.45. The summed E-state index contributed by atoms with van der Waals surface area (Å²) in [4.78, 5) is 24.3. The average molecular weight is 263 g/mol. The fourth-order valence-corrected chi connectivity index (χ4v) is 1.75. The molecule has 1 amide bonds. The van der Waals surface area contributed by atoms with Crippen molar-refractivity contribution in [2.75, 3.05) is 7.05 Å². The first-order valence-electron chi connectivity index (χ1n) is 6.29. The van der Waals surface area contributed by atoms with Crippen LogP contribution < -0.4 is 0 Å². The Balaban J connectivity index is 2.87. The van der Waals surface area contributed by atoms with E-state index in [1.807, 2.05) is 51.1 Å². The molecule has 4 heteroatoms. The van der Waals surface area contributed by atoms with Crippen LogP contribution in [0.15, 0.2) is 30.3 Å². The zero-order chi connectivity index (χ0) is 14.5. The van der Waals surface area contributed by atoms with Gasteiger partial charge in [0.2, 0.25) is 0 Å². The van der Waals surface area contributed by atoms with E-state index in [2.05, 4.69) is 0 Å². The quantitative estimate of drug-likeness (QED) is 0.784. The van der Waals surface area contributed by atoms with Gasteiger partial charge in [0.25, 0.3) is 0 Å². The number of amides is 1. The number of hydrogen-bond acceptors (Lipinski definition) is 3. The fraction of sp³-hybridized carbons (Fsp3) is 0.467. The summed E-state index contributed by atoms with van der Waals surface area (Å²) in [6.07, 6.45) is 0.640. The Labute approximate surface area is 114 Å². The van der Waals surface area contributed by atoms with Gasteiger partial charge >= 0.3 is 6.09 Å². The van der Waals surface area contributed by atoms with Crippen LogP contribution in [0.5, 0.6) is 0 Å². The van der Waals surface area contributed by atoms with Gasteiger partial charge in [0.1, 0.15) is 11.9 Å². The maximum atomic E-state index is 12.0. The molecule has 0 N–H and O–H groups in total. The molecule has 0 saturated heterocycles. The molecule has 0 heterocycles. The zero-order valence-electron chi connectivity index (χ0n) is 11.9. The summed E-state index contributed by atoms with van der Waals surface area (Å²) in [5.74, 6) is 0. The highest BCUT2D eigenvalue weighted by Gasteiger charge is 2.26. The maximum Gasteiger partial charge on any atom is 0.410 e. The number of nitrogens with zero attached hydrogens (tertiary/aromatic N) is 1. The lowest BCUT2D eigenvalue weighted by atomic mass is 10.0. The minimum absolute atomic E-state index is 0.250. The van der Waals surface area contributed by atoms with Gasteiger partial charge in [0.05, 0.1) is 6.04 Å². The van der Waals surface area contributed by atoms with Crippen molar-refractivity contribution >= 4 is 12.4 Å². The van der Waals surface area contributed by atoms with Gasteiger partial charge in [-0.25, -0.2) is 4.79 Å². The summed E-state index contributed by atoms with van der Waals surface area (Å²) in [6, 6.07) is 9.17. The monoisotopic (exact) mass is 263 g/mol. The summed E-state index contributed by atoms with van der Waals surface area (Å²) in [5, 5.41) is 0. The molecule has 0 bridgehead atoms. The minimum atomic E-state index is -0.548. The van der Waals surface area contributed by atoms with E-state index in [1.165, 1.54) is 4.90 Å². The molecular formula is C15H21NO3. The molecule has 0 radical (unpaired) electrons. The highest BCUT2D eigenvalue weighted by molar-refractivity contribution is 5.69. The van der Waals surface area contributed by atoms with Gasteiger partial charge in [0, 0.05) is 13.5 Å². The molecule has 4 nitrogen and oxygen atoms in total. The van der Waals surface area contributed by atoms with E-state index >= 15 is 0 Å². The van der Waals surface area contributed by atoms with Crippen LogP contribution in [0.3, 0.4) is 0 Å². The Morgan fingerprint density at radius 1 is 1.32 bits per heavy atom. The second-order valence-corrected chi connectivity index (χ2v) is 5.42. The molecular weight excluding hydrogens is 242 g/mol. The highest BCUT2D eigenvalue weighted by Crippen LogP contribution is 2.23. The second kappa shape index (κ2) is 6.36. The topological polar surface area (TPSA) is 46.6 Å². The van der Waals surface area contributed by atoms with Gasteiger partial charge in [0.15, 0.2) is 0 Å². The lowest BCUT2D eigenvalue weighted by Crippen LogP contribution is -2.36. The van der Waals surface area contributed by atoms with E-state index in [1.54, 1.807) is 7.05 Å². The molecule has 1 unspecified atom stereocenters. The third kappa shape index (κ3) is 4.73. The number of rotatable bonds is 4. The predicted octanol–water partition coefficient (Wildman–Crippen LogP) is 3.18. The van der Waals surface area contributed by atoms with Crippen molar-refractivity contribution < 1.29 is 14.3 Å². The van der Waals surface area contributed by atoms with Gasteiger partial charge in [-0.2, -0.15) is 0 Å². The Bertz CT molecular complexity index is 423. The van der Waals surface area contributed by atoms with Crippen molar-refractivity contribution in [3.8, 4) is 0 Å². The van der Waals surface area contributed by atoms with Crippen molar-refractivity contribution in [1.82, 2.24) is 4.90 Å². The molecule has 0 aliphatic heterocycles. The molecule has 1 aromatic carbocycles. The summed E-state index contributed by atoms with van der Waals surface area (Å²) in [5.41, 5.74) is 0.372. The van der Waals surface area contributed by atoms with E-state index in [-0.39, 0.29) is 12.5 Å². The highest BCUT2D eigenvalue weighted by atomic mass is 16.6. The lowest BCUT2D eigenvalue weighted by molar-refractivity contribution is -0.108. The number of aldehydes is 1. The third-order valence-corrected chi connectivity index (χ3v) is 2.65. The molecule has 0 spiro atoms. The number of ether oxygens (including phenoxy) is 1. The van der Waals surface area contributed by atoms with Crippen LogP contribution in [-0.4, -0.2) is 29.9 Å². The smallest absolute Gasteiger partial charge is 0.410 e. The molecule has 0 aliphatic carbocycles. The van der Waals surface area contributed by atoms with Crippen molar-refractivity contribution in [3.63, 3.8) is 0 Å². The Morgan fingerprint density at radius 2 is 1.89 bits per heavy atom. The van der Waals surface area contributed by atoms with Crippen LogP contribution in [0.4, 0.5) is 4.79 Å². The number of carbonyl (C=O) groups is 2. The SMILES string of the molecule is CN(C(=O)OC(C)(C)C)C(CC=O)c1ccccc1. The fourth-order valence-electron chi connectivity index (χ4n) is 1.75. The molecule has 0 aliphatic rings. The average Bonchev–Trinajstić information content (AvgIpc) is 2.34. The minimum Gasteiger partial charge on any atom is -0.444 e. The van der Waals surface area contributed by atoms with Crippen molar-refractivity contribution in [1.29, 1.82) is 0 Å². The van der Waals surface area contributed by atoms with Crippen LogP contribution in [0.2, 0.25) is 0 Å². The summed E-state index contributed by atoms with van der Waals surface area (Å²) in [7, 11) is 1.65. The first-order valence-corrected chi connectivity index (χ1v) is 6.29. The molecule has 1 rings (SSSR count). The lowest BCUT2D eigenvalue weighted by Gasteiger charge is -2.30. The van der Waals surface area contributed by atoms with Gasteiger partial charge < -0.3 is 14.4 Å². The second-order valence-electron chi connectivity index (χ2n) is 5.42. The molecule has 1 atom stereocenters. The van der Waals surface area contributed by atoms with Crippen molar-refractivity contribution in [3.05, 3.63) is 35.9 Å². The van der Waals surface area contributed by atoms with Crippen molar-refractivity contribution in [2.45, 2.75) is 38.8 Å². The van der Waals surface area contributed by atoms with E-state index in [4.69, 9.17) is 4.74 Å². The number of carbonyl (C=O) groups excluding carboxylic acids is 2. The Hall–Kier alpha value is -1.84. The first-order chi connectivity index (χ1) is 8.85. The Kier molecular flexibility index (Phi) is 5.10. The Morgan fingerprint density at radius 3 is 2.37 bits per heavy atom. The molecule has 0 aromatic heterocycles. The van der Waals surface area contributed by atoms with Crippen LogP contribution in [0, 0.1) is 0 Å². The zero-order valence-corrected chi connectivity index (χ0v) is 11.9. The van der Waals surface area contributed by atoms with E-state index in [0.29, 0.717) is 0 Å². The summed E-state index contributed by atoms with van der Waals surface area (Å²) < 4.78 is 5.32. The first kappa shape index (κ1) is 15.2. The van der Waals surface area contributed by atoms with Gasteiger partial charge in [-0.3, -0.25) is 0 Å². The van der Waals surface area contributed by atoms with E-state index in [9.17, 15) is 9.59 Å². The largest absolute Gasteiger partial charge is 0.444 e. The van der Waals surface area contributed by atoms with Gasteiger partial charge in [-0.1, -0.05) is 30.3 Å². The number of benzene rings is 1. The van der Waals surface area contributed by atoms with Crippen LogP contribution >= 0.6 is 0 Å². The van der Waals surface area contributed by atoms with Crippen LogP contribution in [-0.2, 0) is 9.53 Å². The van der Waals surface area contributed by atoms with Crippen LogP contribution in [0.25, 0.3) is 0 Å². The summed E-state index contributed by atoms with van der Waals surface area (Å²) >= 11 is 0. The molecule has 1 aromatic rings. The number of hydrogen-bond donors (Lipinski definition) is 0. The van der Waals surface area contributed by atoms with Crippen molar-refractivity contribution in [2.24, 2.45) is 0 Å². The maximum absolute atomic E-state index is 12.0. The van der Waals surface area contributed by atoms with E-state index in [0.717, 1.165) is 11.8 Å². The normalized spacial score (nSPS) is 12.6. The van der Waals surface area contributed by atoms with Gasteiger partial charge in [-0.15, -0.1) is 0 Å². The molecule has 104 valence electrons. The van der Waals surface area contributed by atoms with Crippen LogP contribution in [0.1, 0.15) is 38.8 Å². The predicted molar refractivity (Wildman–Crippen MR) is 73.9 cm³/mol. The molecule has 19 heavy (non-hydrogen) atoms. The molecule has 0 fully saturated rings. The third-order valence-electron chi connectivity index (χ3n) is 2.65. The van der Waals surface area contributed by atoms with Gasteiger partial charge in [-0.05, 0) is 26.3 Å². The van der Waals surface area contributed by atoms with E-state index < -0.39 is 11.7 Å². The standard InChI is InChI=1S/C15H21NO3/c1-15(2,3)19-14(18)16(4)13(10-11-17)12-8-6-5-7-9-12/h5-9,11,13H,10H2,1-4H3.